The van der Waals surface area contributed by atoms with Gasteiger partial charge in [0, 0.05) is 0 Å². The summed E-state index contributed by atoms with van der Waals surface area (Å²) in [7, 11) is 0. The maximum atomic E-state index is 11.3. The molecule has 23 heavy (non-hydrogen) atoms. The molecule has 0 aromatic rings. The van der Waals surface area contributed by atoms with Crippen LogP contribution in [-0.4, -0.2) is 115 Å². The van der Waals surface area contributed by atoms with Crippen LogP contribution in [0.5, 0.6) is 0 Å². The Hall–Kier alpha value is -0.730. The van der Waals surface area contributed by atoms with E-state index in [1.165, 1.54) is 0 Å². The molecule has 0 saturated carbocycles. The van der Waals surface area contributed by atoms with E-state index in [1.807, 2.05) is 0 Å². The molecule has 1 aliphatic rings. The van der Waals surface area contributed by atoms with Gasteiger partial charge in [0.15, 0.2) is 12.1 Å². The Kier molecular flexibility index (Phi) is 7.89. The van der Waals surface area contributed by atoms with Crippen LogP contribution < -0.4 is 0 Å². The molecule has 0 aromatic carbocycles. The fourth-order valence-electron chi connectivity index (χ4n) is 2.09. The van der Waals surface area contributed by atoms with Crippen molar-refractivity contribution in [2.24, 2.45) is 0 Å². The van der Waals surface area contributed by atoms with E-state index in [2.05, 4.69) is 0 Å². The summed E-state index contributed by atoms with van der Waals surface area (Å²) in [5.74, 6) is -1.12. The Morgan fingerprint density at radius 3 is 2.13 bits per heavy atom. The molecule has 8 N–H and O–H groups in total. The summed E-state index contributed by atoms with van der Waals surface area (Å²) < 4.78 is 10.1. The van der Waals surface area contributed by atoms with Gasteiger partial charge in [-0.2, -0.15) is 0 Å². The normalized spacial score (nSPS) is 35.6. The number of aliphatic hydroxyl groups excluding tert-OH is 8. The molecule has 11 nitrogen and oxygen atoms in total. The zero-order valence-electron chi connectivity index (χ0n) is 12.0. The Morgan fingerprint density at radius 2 is 1.65 bits per heavy atom. The molecule has 0 aliphatic carbocycles. The lowest BCUT2D eigenvalue weighted by molar-refractivity contribution is -0.323. The molecule has 1 aliphatic heterocycles. The van der Waals surface area contributed by atoms with E-state index in [0.29, 0.717) is 0 Å². The molecule has 1 rings (SSSR count). The molecule has 8 atom stereocenters. The van der Waals surface area contributed by atoms with Gasteiger partial charge in [-0.25, -0.2) is 0 Å². The standard InChI is InChI=1S/C12H22O11/c13-1-4(16)7(18)11(5(17)2-14)23-12-10(21)9(20)8(19)6(3-15)22-12/h5-15,17-21H,1-3H2/t5-,6-,7-,8-,9+,10+,11+,12+/m1/s1. The Morgan fingerprint density at radius 1 is 1.04 bits per heavy atom. The van der Waals surface area contributed by atoms with Crippen molar-refractivity contribution in [2.75, 3.05) is 19.8 Å². The lowest BCUT2D eigenvalue weighted by Gasteiger charge is -2.41. The Labute approximate surface area is 130 Å². The number of hydrogen-bond donors (Lipinski definition) is 8. The number of carbonyl (C=O) groups excluding carboxylic acids is 1. The molecule has 0 bridgehead atoms. The van der Waals surface area contributed by atoms with E-state index in [-0.39, 0.29) is 0 Å². The van der Waals surface area contributed by atoms with Crippen LogP contribution in [0.2, 0.25) is 0 Å². The molecule has 0 aromatic heterocycles. The minimum absolute atomic E-state index is 0.726. The second-order valence-electron chi connectivity index (χ2n) is 5.12. The van der Waals surface area contributed by atoms with Gasteiger partial charge in [0.1, 0.15) is 49.3 Å². The first-order valence-corrected chi connectivity index (χ1v) is 6.85. The van der Waals surface area contributed by atoms with Gasteiger partial charge in [-0.1, -0.05) is 0 Å². The number of aliphatic hydroxyl groups is 8. The van der Waals surface area contributed by atoms with Gasteiger partial charge in [0.05, 0.1) is 13.2 Å². The second kappa shape index (κ2) is 8.94. The van der Waals surface area contributed by atoms with Crippen molar-refractivity contribution in [3.8, 4) is 0 Å². The number of ether oxygens (including phenoxy) is 2. The summed E-state index contributed by atoms with van der Waals surface area (Å²) in [4.78, 5) is 11.3. The Balaban J connectivity index is 2.91. The molecule has 0 amide bonds. The van der Waals surface area contributed by atoms with Crippen LogP contribution in [-0.2, 0) is 14.3 Å². The highest BCUT2D eigenvalue weighted by atomic mass is 16.7. The third kappa shape index (κ3) is 4.64. The topological polar surface area (TPSA) is 197 Å². The zero-order valence-corrected chi connectivity index (χ0v) is 12.0. The van der Waals surface area contributed by atoms with E-state index in [1.54, 1.807) is 0 Å². The van der Waals surface area contributed by atoms with Gasteiger partial charge >= 0.3 is 0 Å². The van der Waals surface area contributed by atoms with Gasteiger partial charge in [0.25, 0.3) is 0 Å². The molecule has 0 radical (unpaired) electrons. The first kappa shape index (κ1) is 20.3. The summed E-state index contributed by atoms with van der Waals surface area (Å²) >= 11 is 0. The van der Waals surface area contributed by atoms with Gasteiger partial charge in [-0.3, -0.25) is 4.79 Å². The predicted octanol–water partition coefficient (Wildman–Crippen LogP) is -5.55. The van der Waals surface area contributed by atoms with Gasteiger partial charge in [-0.15, -0.1) is 0 Å². The van der Waals surface area contributed by atoms with Crippen LogP contribution in [0, 0.1) is 0 Å². The van der Waals surface area contributed by atoms with Crippen molar-refractivity contribution in [3.63, 3.8) is 0 Å². The fourth-order valence-corrected chi connectivity index (χ4v) is 2.09. The summed E-state index contributed by atoms with van der Waals surface area (Å²) in [6.07, 6.45) is -13.8. The maximum absolute atomic E-state index is 11.3. The van der Waals surface area contributed by atoms with Crippen LogP contribution in [0.1, 0.15) is 0 Å². The van der Waals surface area contributed by atoms with Crippen LogP contribution in [0.25, 0.3) is 0 Å². The van der Waals surface area contributed by atoms with Gasteiger partial charge in [-0.05, 0) is 0 Å². The van der Waals surface area contributed by atoms with Crippen molar-refractivity contribution in [3.05, 3.63) is 0 Å². The first-order chi connectivity index (χ1) is 10.8. The lowest BCUT2D eigenvalue weighted by Crippen LogP contribution is -2.61. The van der Waals surface area contributed by atoms with Gasteiger partial charge in [0.2, 0.25) is 0 Å². The average molecular weight is 342 g/mol. The van der Waals surface area contributed by atoms with Crippen molar-refractivity contribution in [1.29, 1.82) is 0 Å². The average Bonchev–Trinajstić information content (AvgIpc) is 2.57. The number of Topliss-reactive ketones (excluding diaryl/α,β-unsaturated/α-hetero) is 1. The molecule has 1 saturated heterocycles. The molecular weight excluding hydrogens is 320 g/mol. The fraction of sp³-hybridized carbons (Fsp3) is 0.917. The molecular formula is C12H22O11. The van der Waals surface area contributed by atoms with E-state index in [0.717, 1.165) is 0 Å². The third-order valence-electron chi connectivity index (χ3n) is 3.50. The number of hydrogen-bond acceptors (Lipinski definition) is 11. The summed E-state index contributed by atoms with van der Waals surface area (Å²) in [5.41, 5.74) is 0. The SMILES string of the molecule is O=C(CO)[C@@H](O)[C@@H](O[C@@H]1O[C@H](CO)[C@@H](O)[C@H](O)[C@@H]1O)[C@H](O)CO. The predicted molar refractivity (Wildman–Crippen MR) is 69.8 cm³/mol. The molecule has 11 heteroatoms. The van der Waals surface area contributed by atoms with Crippen molar-refractivity contribution < 1.29 is 55.1 Å². The largest absolute Gasteiger partial charge is 0.394 e. The van der Waals surface area contributed by atoms with E-state index >= 15 is 0 Å². The first-order valence-electron chi connectivity index (χ1n) is 6.85. The van der Waals surface area contributed by atoms with Crippen LogP contribution in [0.15, 0.2) is 0 Å². The molecule has 1 heterocycles. The molecule has 0 spiro atoms. The Bertz CT molecular complexity index is 376. The monoisotopic (exact) mass is 342 g/mol. The number of ketones is 1. The number of carbonyl (C=O) groups is 1. The van der Waals surface area contributed by atoms with Crippen molar-refractivity contribution in [1.82, 2.24) is 0 Å². The summed E-state index contributed by atoms with van der Waals surface area (Å²) in [6.45, 7) is -2.71. The third-order valence-corrected chi connectivity index (χ3v) is 3.50. The van der Waals surface area contributed by atoms with E-state index in [9.17, 15) is 30.3 Å². The van der Waals surface area contributed by atoms with E-state index < -0.39 is 74.6 Å². The molecule has 0 unspecified atom stereocenters. The molecule has 136 valence electrons. The molecule has 1 fully saturated rings. The zero-order chi connectivity index (χ0) is 17.7. The second-order valence-corrected chi connectivity index (χ2v) is 5.12. The smallest absolute Gasteiger partial charge is 0.189 e. The van der Waals surface area contributed by atoms with E-state index in [4.69, 9.17) is 24.8 Å². The number of rotatable bonds is 8. The summed E-state index contributed by atoms with van der Waals surface area (Å²) in [5, 5.41) is 75.1. The minimum Gasteiger partial charge on any atom is -0.394 e. The maximum Gasteiger partial charge on any atom is 0.189 e. The van der Waals surface area contributed by atoms with Crippen molar-refractivity contribution in [2.45, 2.75) is 49.0 Å². The van der Waals surface area contributed by atoms with Crippen LogP contribution in [0.3, 0.4) is 0 Å². The highest BCUT2D eigenvalue weighted by molar-refractivity contribution is 5.84. The van der Waals surface area contributed by atoms with Crippen molar-refractivity contribution >= 4 is 5.78 Å². The lowest BCUT2D eigenvalue weighted by atomic mass is 9.98. The van der Waals surface area contributed by atoms with Crippen LogP contribution >= 0.6 is 0 Å². The quantitative estimate of drug-likeness (QED) is 0.209. The highest BCUT2D eigenvalue weighted by Crippen LogP contribution is 2.24. The highest BCUT2D eigenvalue weighted by Gasteiger charge is 2.46. The van der Waals surface area contributed by atoms with Gasteiger partial charge < -0.3 is 50.3 Å². The summed E-state index contributed by atoms with van der Waals surface area (Å²) in [6, 6.07) is 0. The van der Waals surface area contributed by atoms with Crippen LogP contribution in [0.4, 0.5) is 0 Å². The minimum atomic E-state index is -2.05.